The number of furan rings is 1. The largest absolute Gasteiger partial charge is 0.573 e. The van der Waals surface area contributed by atoms with Gasteiger partial charge in [-0.05, 0) is 23.8 Å². The number of nitrogens with zero attached hydrogens (tertiary/aromatic N) is 2. The van der Waals surface area contributed by atoms with Crippen molar-refractivity contribution in [1.82, 2.24) is 9.88 Å². The summed E-state index contributed by atoms with van der Waals surface area (Å²) in [5.41, 5.74) is 1.41. The van der Waals surface area contributed by atoms with Gasteiger partial charge in [0.2, 0.25) is 5.91 Å². The van der Waals surface area contributed by atoms with E-state index in [0.29, 0.717) is 21.9 Å². The molecule has 0 radical (unpaired) electrons. The molecule has 11 heteroatoms. The molecule has 5 rings (SSSR count). The molecule has 1 aliphatic rings. The van der Waals surface area contributed by atoms with Crippen LogP contribution in [0.2, 0.25) is 0 Å². The number of carbonyl (C=O) groups is 1. The minimum Gasteiger partial charge on any atom is -0.452 e. The van der Waals surface area contributed by atoms with Gasteiger partial charge in [0, 0.05) is 54.2 Å². The van der Waals surface area contributed by atoms with E-state index in [4.69, 9.17) is 4.42 Å². The Morgan fingerprint density at radius 2 is 1.91 bits per heavy atom. The molecule has 1 saturated heterocycles. The molecule has 1 amide bonds. The summed E-state index contributed by atoms with van der Waals surface area (Å²) in [6, 6.07) is 10.2. The summed E-state index contributed by atoms with van der Waals surface area (Å²) in [4.78, 5) is 18.3. The summed E-state index contributed by atoms with van der Waals surface area (Å²) < 4.78 is 78.7. The van der Waals surface area contributed by atoms with Gasteiger partial charge in [0.25, 0.3) is 0 Å². The van der Waals surface area contributed by atoms with Crippen molar-refractivity contribution in [3.05, 3.63) is 66.0 Å². The molecule has 0 aliphatic carbocycles. The number of halogens is 5. The van der Waals surface area contributed by atoms with Gasteiger partial charge in [-0.15, -0.1) is 13.2 Å². The Hall–Kier alpha value is -3.89. The Morgan fingerprint density at radius 1 is 1.11 bits per heavy atom. The number of hydrogen-bond donors (Lipinski definition) is 0. The number of amides is 1. The third kappa shape index (κ3) is 4.58. The molecule has 3 heterocycles. The summed E-state index contributed by atoms with van der Waals surface area (Å²) in [6.07, 6.45) is -1.74. The number of carbonyl (C=O) groups excluding carboxylic acids is 1. The molecule has 0 N–H and O–H groups in total. The maximum Gasteiger partial charge on any atom is 0.573 e. The van der Waals surface area contributed by atoms with Crippen LogP contribution in [0.15, 0.2) is 59.3 Å². The maximum absolute atomic E-state index is 12.9. The Kier molecular flexibility index (Phi) is 5.70. The van der Waals surface area contributed by atoms with Crippen molar-refractivity contribution in [2.75, 3.05) is 6.54 Å². The van der Waals surface area contributed by atoms with E-state index < -0.39 is 13.0 Å². The Balaban J connectivity index is 1.48. The zero-order valence-electron chi connectivity index (χ0n) is 17.9. The summed E-state index contributed by atoms with van der Waals surface area (Å²) >= 11 is 0. The number of alkyl halides is 5. The van der Waals surface area contributed by atoms with Crippen molar-refractivity contribution in [3.63, 3.8) is 0 Å². The molecule has 2 aromatic heterocycles. The fourth-order valence-corrected chi connectivity index (χ4v) is 4.45. The number of hydrogen-bond acceptors (Lipinski definition) is 5. The van der Waals surface area contributed by atoms with Crippen LogP contribution in [0.25, 0.3) is 21.9 Å². The van der Waals surface area contributed by atoms with Crippen LogP contribution in [0.3, 0.4) is 0 Å². The number of likely N-dealkylation sites (tertiary alicyclic amines) is 1. The van der Waals surface area contributed by atoms with Crippen LogP contribution in [0.4, 0.5) is 22.0 Å². The van der Waals surface area contributed by atoms with E-state index in [2.05, 4.69) is 14.5 Å². The molecule has 2 aromatic carbocycles. The van der Waals surface area contributed by atoms with E-state index in [-0.39, 0.29) is 54.0 Å². The number of rotatable bonds is 6. The fraction of sp³-hybridized carbons (Fsp3) is 0.250. The molecule has 1 atom stereocenters. The zero-order valence-corrected chi connectivity index (χ0v) is 17.9. The molecule has 1 aliphatic heterocycles. The quantitative estimate of drug-likeness (QED) is 0.309. The third-order valence-corrected chi connectivity index (χ3v) is 5.85. The lowest BCUT2D eigenvalue weighted by Crippen LogP contribution is -2.25. The smallest absolute Gasteiger partial charge is 0.452 e. The predicted molar refractivity (Wildman–Crippen MR) is 114 cm³/mol. The van der Waals surface area contributed by atoms with Crippen LogP contribution in [-0.2, 0) is 11.3 Å². The lowest BCUT2D eigenvalue weighted by molar-refractivity contribution is -0.275. The second-order valence-electron chi connectivity index (χ2n) is 8.04. The van der Waals surface area contributed by atoms with Crippen molar-refractivity contribution < 1.29 is 40.6 Å². The molecule has 35 heavy (non-hydrogen) atoms. The first-order valence-electron chi connectivity index (χ1n) is 10.5. The first-order chi connectivity index (χ1) is 16.7. The minimum absolute atomic E-state index is 0.0784. The van der Waals surface area contributed by atoms with Crippen LogP contribution >= 0.6 is 0 Å². The van der Waals surface area contributed by atoms with Gasteiger partial charge in [-0.1, -0.05) is 24.3 Å². The van der Waals surface area contributed by atoms with E-state index in [1.807, 2.05) is 0 Å². The standard InChI is InChI=1S/C24H17F5N2O4/c25-23(26)34-19-6-5-15(21-16-10-30-8-7-18(16)33-22(19)21)14-9-20(32)31(12-14)11-13-3-1-2-4-17(13)35-24(27,28)29/h1-8,10,14,23H,9,11-12H2. The maximum atomic E-state index is 12.9. The molecular formula is C24H17F5N2O4. The second-order valence-corrected chi connectivity index (χ2v) is 8.04. The van der Waals surface area contributed by atoms with Gasteiger partial charge >= 0.3 is 13.0 Å². The number of benzene rings is 2. The average molecular weight is 492 g/mol. The SMILES string of the molecule is O=C1CC(c2ccc(OC(F)F)c3oc4ccncc4c23)CN1Cc1ccccc1OC(F)(F)F. The van der Waals surface area contributed by atoms with Crippen molar-refractivity contribution in [2.24, 2.45) is 0 Å². The molecule has 0 spiro atoms. The van der Waals surface area contributed by atoms with E-state index in [1.165, 1.54) is 41.6 Å². The van der Waals surface area contributed by atoms with E-state index in [0.717, 1.165) is 0 Å². The number of pyridine rings is 1. The molecule has 6 nitrogen and oxygen atoms in total. The summed E-state index contributed by atoms with van der Waals surface area (Å²) in [6.45, 7) is -2.93. The average Bonchev–Trinajstić information content (AvgIpc) is 3.35. The lowest BCUT2D eigenvalue weighted by atomic mass is 9.93. The number of fused-ring (bicyclic) bond motifs is 3. The molecular weight excluding hydrogens is 475 g/mol. The fourth-order valence-electron chi connectivity index (χ4n) is 4.45. The van der Waals surface area contributed by atoms with Crippen LogP contribution in [0.1, 0.15) is 23.5 Å². The highest BCUT2D eigenvalue weighted by Gasteiger charge is 2.35. The van der Waals surface area contributed by atoms with E-state index in [1.54, 1.807) is 18.2 Å². The number of aromatic nitrogens is 1. The predicted octanol–water partition coefficient (Wildman–Crippen LogP) is 6.00. The lowest BCUT2D eigenvalue weighted by Gasteiger charge is -2.20. The summed E-state index contributed by atoms with van der Waals surface area (Å²) in [7, 11) is 0. The zero-order chi connectivity index (χ0) is 24.7. The minimum atomic E-state index is -4.86. The van der Waals surface area contributed by atoms with Gasteiger partial charge in [0.15, 0.2) is 11.3 Å². The Bertz CT molecular complexity index is 1400. The molecule has 0 saturated carbocycles. The van der Waals surface area contributed by atoms with Crippen molar-refractivity contribution >= 4 is 27.8 Å². The third-order valence-electron chi connectivity index (χ3n) is 5.85. The summed E-state index contributed by atoms with van der Waals surface area (Å²) in [5.74, 6) is -1.14. The molecule has 1 unspecified atom stereocenters. The molecule has 1 fully saturated rings. The van der Waals surface area contributed by atoms with Gasteiger partial charge in [-0.25, -0.2) is 0 Å². The van der Waals surface area contributed by atoms with Crippen molar-refractivity contribution in [2.45, 2.75) is 31.9 Å². The highest BCUT2D eigenvalue weighted by molar-refractivity contribution is 6.08. The molecule has 4 aromatic rings. The normalized spacial score (nSPS) is 16.6. The second kappa shape index (κ2) is 8.71. The highest BCUT2D eigenvalue weighted by Crippen LogP contribution is 2.42. The van der Waals surface area contributed by atoms with Gasteiger partial charge in [0.05, 0.1) is 0 Å². The molecule has 182 valence electrons. The first kappa shape index (κ1) is 22.9. The Labute approximate surface area is 194 Å². The van der Waals surface area contributed by atoms with E-state index in [9.17, 15) is 26.7 Å². The van der Waals surface area contributed by atoms with Crippen molar-refractivity contribution in [3.8, 4) is 11.5 Å². The number of ether oxygens (including phenoxy) is 2. The van der Waals surface area contributed by atoms with Gasteiger partial charge in [-0.3, -0.25) is 9.78 Å². The topological polar surface area (TPSA) is 64.8 Å². The van der Waals surface area contributed by atoms with Gasteiger partial charge in [0.1, 0.15) is 11.3 Å². The Morgan fingerprint density at radius 3 is 2.69 bits per heavy atom. The van der Waals surface area contributed by atoms with Crippen LogP contribution < -0.4 is 9.47 Å². The first-order valence-corrected chi connectivity index (χ1v) is 10.5. The highest BCUT2D eigenvalue weighted by atomic mass is 19.4. The van der Waals surface area contributed by atoms with Gasteiger partial charge < -0.3 is 18.8 Å². The van der Waals surface area contributed by atoms with Crippen LogP contribution in [0.5, 0.6) is 11.5 Å². The van der Waals surface area contributed by atoms with E-state index >= 15 is 0 Å². The summed E-state index contributed by atoms with van der Waals surface area (Å²) in [5, 5.41) is 1.08. The van der Waals surface area contributed by atoms with Gasteiger partial charge in [-0.2, -0.15) is 8.78 Å². The van der Waals surface area contributed by atoms with Crippen molar-refractivity contribution in [1.29, 1.82) is 0 Å². The number of para-hydroxylation sites is 1. The molecule has 0 bridgehead atoms. The monoisotopic (exact) mass is 492 g/mol. The van der Waals surface area contributed by atoms with Crippen LogP contribution in [0, 0.1) is 0 Å². The van der Waals surface area contributed by atoms with Crippen LogP contribution in [-0.4, -0.2) is 35.3 Å².